The predicted molar refractivity (Wildman–Crippen MR) is 178 cm³/mol. The van der Waals surface area contributed by atoms with Gasteiger partial charge in [-0.3, -0.25) is 33.6 Å². The van der Waals surface area contributed by atoms with Gasteiger partial charge >= 0.3 is 35.8 Å². The van der Waals surface area contributed by atoms with Crippen molar-refractivity contribution in [1.82, 2.24) is 0 Å². The van der Waals surface area contributed by atoms with E-state index in [4.69, 9.17) is 30.5 Å². The Morgan fingerprint density at radius 2 is 1.14 bits per heavy atom. The Morgan fingerprint density at radius 3 is 1.59 bits per heavy atom. The summed E-state index contributed by atoms with van der Waals surface area (Å²) in [6.45, 7) is 4.84. The van der Waals surface area contributed by atoms with Crippen LogP contribution in [0.1, 0.15) is 111 Å². The Balaban J connectivity index is 5.96. The minimum Gasteiger partial charge on any atom is -0.481 e. The maximum Gasteiger partial charge on any atom is 0.307 e. The first-order chi connectivity index (χ1) is 23.8. The lowest BCUT2D eigenvalue weighted by Crippen LogP contribution is -2.42. The van der Waals surface area contributed by atoms with Crippen LogP contribution in [0.5, 0.6) is 0 Å². The number of carboxylic acids is 4. The smallest absolute Gasteiger partial charge is 0.307 e. The second kappa shape index (κ2) is 25.3. The molecule has 0 aliphatic heterocycles. The number of aliphatic hydroxyl groups is 3. The molecule has 0 aromatic heterocycles. The van der Waals surface area contributed by atoms with Crippen molar-refractivity contribution in [2.45, 2.75) is 141 Å². The third-order valence-corrected chi connectivity index (χ3v) is 8.54. The van der Waals surface area contributed by atoms with Crippen molar-refractivity contribution in [2.24, 2.45) is 29.4 Å². The molecule has 9 N–H and O–H groups in total. The molecule has 0 heterocycles. The normalized spacial score (nSPS) is 16.7. The first-order valence-electron chi connectivity index (χ1n) is 17.3. The highest BCUT2D eigenvalue weighted by Gasteiger charge is 2.37. The van der Waals surface area contributed by atoms with Gasteiger partial charge in [-0.25, -0.2) is 0 Å². The zero-order chi connectivity index (χ0) is 39.3. The summed E-state index contributed by atoms with van der Waals surface area (Å²) in [7, 11) is 0. The molecule has 0 aromatic rings. The highest BCUT2D eigenvalue weighted by atomic mass is 16.6. The van der Waals surface area contributed by atoms with Crippen LogP contribution in [0.25, 0.3) is 0 Å². The third kappa shape index (κ3) is 21.3. The van der Waals surface area contributed by atoms with Gasteiger partial charge in [-0.15, -0.1) is 0 Å². The van der Waals surface area contributed by atoms with Crippen LogP contribution in [0.3, 0.4) is 0 Å². The Kier molecular flexibility index (Phi) is 23.5. The molecule has 17 heteroatoms. The van der Waals surface area contributed by atoms with E-state index in [1.807, 2.05) is 6.92 Å². The lowest BCUT2D eigenvalue weighted by Gasteiger charge is -2.33. The lowest BCUT2D eigenvalue weighted by molar-refractivity contribution is -0.177. The summed E-state index contributed by atoms with van der Waals surface area (Å²) in [5, 5.41) is 66.8. The second-order valence-corrected chi connectivity index (χ2v) is 13.4. The number of Topliss-reactive ketones (excluding diaryl/α,β-unsaturated/α-hetero) is 1. The zero-order valence-corrected chi connectivity index (χ0v) is 29.7. The topological polar surface area (TPSA) is 306 Å². The number of rotatable bonds is 30. The van der Waals surface area contributed by atoms with Crippen LogP contribution in [0.15, 0.2) is 0 Å². The summed E-state index contributed by atoms with van der Waals surface area (Å²) in [5.41, 5.74) is 5.46. The van der Waals surface area contributed by atoms with Crippen LogP contribution in [-0.2, 0) is 43.0 Å². The largest absolute Gasteiger partial charge is 0.481 e. The Hall–Kier alpha value is -3.67. The van der Waals surface area contributed by atoms with Gasteiger partial charge in [0.05, 0.1) is 62.4 Å². The van der Waals surface area contributed by atoms with E-state index in [9.17, 15) is 54.0 Å². The van der Waals surface area contributed by atoms with Crippen LogP contribution < -0.4 is 5.73 Å². The van der Waals surface area contributed by atoms with Gasteiger partial charge in [0, 0.05) is 6.42 Å². The standard InChI is InChI=1S/C34H57NO16/c1-4-5-8-20(3)32(51-31(45)16-22(34(48)49)14-29(42)43)27(50-30(44)15-21(33(46)47)13-28(40)41)12-19(2)11-23(37)9-6-7-10-24(38)17-26(39)25(35)18-36/h19-25,27,32,36-38H,4-18,35H2,1-3H3,(H,40,41)(H,42,43)(H,46,47)(H,48,49). The highest BCUT2D eigenvalue weighted by Crippen LogP contribution is 2.29. The van der Waals surface area contributed by atoms with Gasteiger partial charge in [0.15, 0.2) is 5.78 Å². The molecule has 9 unspecified atom stereocenters. The van der Waals surface area contributed by atoms with E-state index in [-0.39, 0.29) is 25.7 Å². The number of carbonyl (C=O) groups is 7. The molecule has 0 spiro atoms. The third-order valence-electron chi connectivity index (χ3n) is 8.54. The summed E-state index contributed by atoms with van der Waals surface area (Å²) < 4.78 is 11.4. The van der Waals surface area contributed by atoms with Gasteiger partial charge in [0.2, 0.25) is 0 Å². The molecule has 0 amide bonds. The van der Waals surface area contributed by atoms with Crippen molar-refractivity contribution in [1.29, 1.82) is 0 Å². The maximum absolute atomic E-state index is 13.0. The first kappa shape index (κ1) is 47.3. The molecular formula is C34H57NO16. The number of ether oxygens (including phenoxy) is 2. The molecule has 0 aliphatic rings. The molecule has 0 bridgehead atoms. The summed E-state index contributed by atoms with van der Waals surface area (Å²) in [6, 6.07) is -1.06. The van der Waals surface area contributed by atoms with Gasteiger partial charge in [-0.2, -0.15) is 0 Å². The van der Waals surface area contributed by atoms with Crippen LogP contribution in [0.4, 0.5) is 0 Å². The minimum atomic E-state index is -1.61. The van der Waals surface area contributed by atoms with Gasteiger partial charge in [0.1, 0.15) is 12.2 Å². The number of hydrogen-bond acceptors (Lipinski definition) is 13. The van der Waals surface area contributed by atoms with E-state index >= 15 is 0 Å². The van der Waals surface area contributed by atoms with E-state index in [0.29, 0.717) is 32.1 Å². The van der Waals surface area contributed by atoms with Crippen molar-refractivity contribution in [3.05, 3.63) is 0 Å². The van der Waals surface area contributed by atoms with E-state index in [1.165, 1.54) is 0 Å². The quantitative estimate of drug-likeness (QED) is 0.0385. The van der Waals surface area contributed by atoms with E-state index in [0.717, 1.165) is 6.42 Å². The van der Waals surface area contributed by atoms with Crippen molar-refractivity contribution in [3.8, 4) is 0 Å². The average Bonchev–Trinajstić information content (AvgIpc) is 3.02. The van der Waals surface area contributed by atoms with Gasteiger partial charge < -0.3 is 51.0 Å². The summed E-state index contributed by atoms with van der Waals surface area (Å²) in [6.07, 6.45) is -4.11. The number of carboxylic acid groups (broad SMARTS) is 4. The van der Waals surface area contributed by atoms with E-state index < -0.39 is 128 Å². The molecule has 9 atom stereocenters. The molecule has 17 nitrogen and oxygen atoms in total. The number of unbranched alkanes of at least 4 members (excludes halogenated alkanes) is 2. The highest BCUT2D eigenvalue weighted by molar-refractivity contribution is 5.84. The minimum absolute atomic E-state index is 0.00268. The molecule has 0 aromatic carbocycles. The Bertz CT molecular complexity index is 1130. The van der Waals surface area contributed by atoms with Crippen LogP contribution in [-0.4, -0.2) is 114 Å². The lowest BCUT2D eigenvalue weighted by atomic mass is 9.87. The second-order valence-electron chi connectivity index (χ2n) is 13.4. The van der Waals surface area contributed by atoms with E-state index in [1.54, 1.807) is 13.8 Å². The maximum atomic E-state index is 13.0. The van der Waals surface area contributed by atoms with Gasteiger partial charge in [-0.05, 0) is 43.9 Å². The fraction of sp³-hybridized carbons (Fsp3) is 0.794. The summed E-state index contributed by atoms with van der Waals surface area (Å²) in [4.78, 5) is 83.4. The molecule has 51 heavy (non-hydrogen) atoms. The molecule has 0 radical (unpaired) electrons. The Morgan fingerprint density at radius 1 is 0.647 bits per heavy atom. The molecular weight excluding hydrogens is 678 g/mol. The number of hydrogen-bond donors (Lipinski definition) is 8. The number of aliphatic carboxylic acids is 4. The number of nitrogens with two attached hydrogens (primary N) is 1. The van der Waals surface area contributed by atoms with Crippen molar-refractivity contribution in [2.75, 3.05) is 6.61 Å². The Labute approximate surface area is 297 Å². The SMILES string of the molecule is CCCCC(C)C(OC(=O)CC(CC(=O)O)C(=O)O)C(CC(C)CC(O)CCCCC(O)CC(=O)C(N)CO)OC(=O)CC(CC(=O)O)C(=O)O. The van der Waals surface area contributed by atoms with Crippen LogP contribution in [0, 0.1) is 23.7 Å². The van der Waals surface area contributed by atoms with Crippen molar-refractivity contribution >= 4 is 41.6 Å². The fourth-order valence-corrected chi connectivity index (χ4v) is 5.66. The fourth-order valence-electron chi connectivity index (χ4n) is 5.66. The predicted octanol–water partition coefficient (Wildman–Crippen LogP) is 1.74. The molecule has 0 aliphatic carbocycles. The molecule has 0 saturated carbocycles. The van der Waals surface area contributed by atoms with Crippen molar-refractivity contribution < 1.29 is 78.8 Å². The summed E-state index contributed by atoms with van der Waals surface area (Å²) >= 11 is 0. The van der Waals surface area contributed by atoms with Crippen molar-refractivity contribution in [3.63, 3.8) is 0 Å². The van der Waals surface area contributed by atoms with Gasteiger partial charge in [-0.1, -0.05) is 46.5 Å². The summed E-state index contributed by atoms with van der Waals surface area (Å²) in [5.74, 6) is -12.6. The molecule has 0 fully saturated rings. The molecule has 0 saturated heterocycles. The van der Waals surface area contributed by atoms with Crippen LogP contribution in [0.2, 0.25) is 0 Å². The number of esters is 2. The zero-order valence-electron chi connectivity index (χ0n) is 29.7. The van der Waals surface area contributed by atoms with Crippen LogP contribution >= 0.6 is 0 Å². The monoisotopic (exact) mass is 735 g/mol. The molecule has 0 rings (SSSR count). The number of carbonyl (C=O) groups excluding carboxylic acids is 3. The van der Waals surface area contributed by atoms with Gasteiger partial charge in [0.25, 0.3) is 0 Å². The first-order valence-corrected chi connectivity index (χ1v) is 17.3. The number of ketones is 1. The average molecular weight is 736 g/mol. The molecule has 294 valence electrons. The van der Waals surface area contributed by atoms with E-state index in [2.05, 4.69) is 0 Å². The number of aliphatic hydroxyl groups excluding tert-OH is 3.